The number of benzene rings is 1. The second-order valence-electron chi connectivity index (χ2n) is 5.80. The largest absolute Gasteiger partial charge is 0.493 e. The molecule has 1 heterocycles. The molecule has 0 aromatic heterocycles. The predicted molar refractivity (Wildman–Crippen MR) is 109 cm³/mol. The zero-order chi connectivity index (χ0) is 21.7. The van der Waals surface area contributed by atoms with Crippen molar-refractivity contribution in [1.29, 1.82) is 0 Å². The lowest BCUT2D eigenvalue weighted by atomic mass is 10.1. The molecule has 156 valence electrons. The number of carbonyl (C=O) groups is 3. The van der Waals surface area contributed by atoms with Crippen molar-refractivity contribution < 1.29 is 38.8 Å². The van der Waals surface area contributed by atoms with Gasteiger partial charge in [-0.1, -0.05) is 24.0 Å². The molecule has 0 saturated carbocycles. The topological polar surface area (TPSA) is 123 Å². The molecular weight excluding hydrogens is 422 g/mol. The number of aliphatic carboxylic acids is 2. The summed E-state index contributed by atoms with van der Waals surface area (Å²) in [7, 11) is 4.38. The highest BCUT2D eigenvalue weighted by Crippen LogP contribution is 2.40. The Bertz CT molecular complexity index is 858. The van der Waals surface area contributed by atoms with Gasteiger partial charge in [-0.15, -0.1) is 0 Å². The van der Waals surface area contributed by atoms with E-state index in [-0.39, 0.29) is 15.6 Å². The number of methoxy groups -OCH3 is 3. The van der Waals surface area contributed by atoms with E-state index in [1.165, 1.54) is 27.4 Å². The van der Waals surface area contributed by atoms with Crippen molar-refractivity contribution in [3.8, 4) is 17.2 Å². The van der Waals surface area contributed by atoms with Crippen LogP contribution in [-0.4, -0.2) is 64.7 Å². The fourth-order valence-corrected chi connectivity index (χ4v) is 4.06. The van der Waals surface area contributed by atoms with Gasteiger partial charge in [-0.05, 0) is 30.2 Å². The Hall–Kier alpha value is -2.79. The minimum Gasteiger partial charge on any atom is -0.493 e. The van der Waals surface area contributed by atoms with E-state index in [2.05, 4.69) is 0 Å². The molecule has 1 amide bonds. The van der Waals surface area contributed by atoms with Gasteiger partial charge in [0.05, 0.1) is 26.2 Å². The zero-order valence-electron chi connectivity index (χ0n) is 15.8. The van der Waals surface area contributed by atoms with Gasteiger partial charge in [0, 0.05) is 6.42 Å². The number of carboxylic acids is 2. The normalized spacial score (nSPS) is 16.1. The highest BCUT2D eigenvalue weighted by molar-refractivity contribution is 8.26. The maximum atomic E-state index is 12.8. The first-order chi connectivity index (χ1) is 13.7. The number of ether oxygens (including phenoxy) is 3. The first kappa shape index (κ1) is 22.5. The molecular formula is C18H19NO8S2. The highest BCUT2D eigenvalue weighted by Gasteiger charge is 2.40. The zero-order valence-corrected chi connectivity index (χ0v) is 17.5. The van der Waals surface area contributed by atoms with Crippen molar-refractivity contribution in [2.45, 2.75) is 18.9 Å². The number of carboxylic acid groups (broad SMARTS) is 2. The summed E-state index contributed by atoms with van der Waals surface area (Å²) in [5, 5.41) is 18.3. The number of rotatable bonds is 9. The summed E-state index contributed by atoms with van der Waals surface area (Å²) < 4.78 is 15.9. The minimum absolute atomic E-state index is 0.0477. The fourth-order valence-electron chi connectivity index (χ4n) is 2.71. The van der Waals surface area contributed by atoms with Crippen LogP contribution in [0.1, 0.15) is 18.4 Å². The number of thiocarbonyl (C=S) groups is 1. The van der Waals surface area contributed by atoms with E-state index in [0.717, 1.165) is 16.7 Å². The number of nitrogens with zero attached hydrogens (tertiary/aromatic N) is 1. The lowest BCUT2D eigenvalue weighted by Crippen LogP contribution is -2.44. The predicted octanol–water partition coefficient (Wildman–Crippen LogP) is 2.23. The van der Waals surface area contributed by atoms with E-state index in [4.69, 9.17) is 31.5 Å². The number of carbonyl (C=O) groups excluding carboxylic acids is 1. The van der Waals surface area contributed by atoms with E-state index in [1.54, 1.807) is 12.1 Å². The SMILES string of the molecule is COc1cc(/C=C2\SC(=S)N(C(CCC(=O)O)C(=O)O)C2=O)cc(OC)c1OC. The summed E-state index contributed by atoms with van der Waals surface area (Å²) in [4.78, 5) is 36.3. The van der Waals surface area contributed by atoms with E-state index in [1.807, 2.05) is 0 Å². The molecule has 0 aliphatic carbocycles. The average Bonchev–Trinajstić information content (AvgIpc) is 2.94. The van der Waals surface area contributed by atoms with Gasteiger partial charge < -0.3 is 24.4 Å². The van der Waals surface area contributed by atoms with Crippen molar-refractivity contribution in [1.82, 2.24) is 4.90 Å². The van der Waals surface area contributed by atoms with Crippen LogP contribution in [0.3, 0.4) is 0 Å². The molecule has 9 nitrogen and oxygen atoms in total. The third-order valence-corrected chi connectivity index (χ3v) is 5.37. The Labute approximate surface area is 176 Å². The molecule has 2 rings (SSSR count). The van der Waals surface area contributed by atoms with Gasteiger partial charge in [0.15, 0.2) is 11.5 Å². The van der Waals surface area contributed by atoms with E-state index >= 15 is 0 Å². The summed E-state index contributed by atoms with van der Waals surface area (Å²) in [5.41, 5.74) is 0.553. The molecule has 1 fully saturated rings. The van der Waals surface area contributed by atoms with Gasteiger partial charge in [0.1, 0.15) is 10.4 Å². The average molecular weight is 441 g/mol. The van der Waals surface area contributed by atoms with E-state index < -0.39 is 30.3 Å². The van der Waals surface area contributed by atoms with E-state index in [9.17, 15) is 19.5 Å². The summed E-state index contributed by atoms with van der Waals surface area (Å²) in [5.74, 6) is -1.92. The van der Waals surface area contributed by atoms with Crippen molar-refractivity contribution in [3.63, 3.8) is 0 Å². The van der Waals surface area contributed by atoms with Crippen LogP contribution in [0.4, 0.5) is 0 Å². The van der Waals surface area contributed by atoms with Crippen LogP contribution < -0.4 is 14.2 Å². The highest BCUT2D eigenvalue weighted by atomic mass is 32.2. The number of hydrogen-bond donors (Lipinski definition) is 2. The van der Waals surface area contributed by atoms with Crippen LogP contribution in [0.2, 0.25) is 0 Å². The lowest BCUT2D eigenvalue weighted by molar-refractivity contribution is -0.146. The third kappa shape index (κ3) is 4.98. The Morgan fingerprint density at radius 2 is 1.76 bits per heavy atom. The van der Waals surface area contributed by atoms with Crippen molar-refractivity contribution in [2.24, 2.45) is 0 Å². The molecule has 11 heteroatoms. The smallest absolute Gasteiger partial charge is 0.326 e. The van der Waals surface area contributed by atoms with Gasteiger partial charge in [-0.2, -0.15) is 0 Å². The standard InChI is InChI=1S/C18H19NO8S2/c1-25-11-6-9(7-12(26-2)15(11)27-3)8-13-16(22)19(18(28)29-13)10(17(23)24)4-5-14(20)21/h6-8,10H,4-5H2,1-3H3,(H,20,21)(H,23,24)/b13-8-. The summed E-state index contributed by atoms with van der Waals surface area (Å²) in [6.45, 7) is 0. The number of hydrogen-bond acceptors (Lipinski definition) is 8. The quantitative estimate of drug-likeness (QED) is 0.436. The second-order valence-corrected chi connectivity index (χ2v) is 7.47. The summed E-state index contributed by atoms with van der Waals surface area (Å²) in [6.07, 6.45) is 0.869. The Morgan fingerprint density at radius 1 is 1.17 bits per heavy atom. The minimum atomic E-state index is -1.36. The molecule has 2 N–H and O–H groups in total. The molecule has 1 unspecified atom stereocenters. The van der Waals surface area contributed by atoms with Crippen molar-refractivity contribution in [2.75, 3.05) is 21.3 Å². The fraction of sp³-hybridized carbons (Fsp3) is 0.333. The molecule has 0 bridgehead atoms. The van der Waals surface area contributed by atoms with E-state index in [0.29, 0.717) is 22.8 Å². The van der Waals surface area contributed by atoms with Gasteiger partial charge in [-0.25, -0.2) is 4.79 Å². The molecule has 29 heavy (non-hydrogen) atoms. The number of amides is 1. The van der Waals surface area contributed by atoms with Gasteiger partial charge in [0.25, 0.3) is 5.91 Å². The van der Waals surface area contributed by atoms with Crippen LogP contribution in [0.15, 0.2) is 17.0 Å². The molecule has 1 aromatic rings. The van der Waals surface area contributed by atoms with Gasteiger partial charge in [-0.3, -0.25) is 14.5 Å². The van der Waals surface area contributed by atoms with Gasteiger partial charge >= 0.3 is 11.9 Å². The summed E-state index contributed by atoms with van der Waals surface area (Å²) >= 11 is 6.11. The molecule has 0 radical (unpaired) electrons. The number of thioether (sulfide) groups is 1. The Balaban J connectivity index is 2.38. The van der Waals surface area contributed by atoms with Crippen molar-refractivity contribution >= 4 is 52.2 Å². The summed E-state index contributed by atoms with van der Waals surface area (Å²) in [6, 6.07) is 1.91. The second kappa shape index (κ2) is 9.61. The lowest BCUT2D eigenvalue weighted by Gasteiger charge is -2.22. The maximum Gasteiger partial charge on any atom is 0.326 e. The first-order valence-electron chi connectivity index (χ1n) is 8.25. The van der Waals surface area contributed by atoms with Crippen LogP contribution in [-0.2, 0) is 14.4 Å². The molecule has 1 aromatic carbocycles. The Kier molecular flexibility index (Phi) is 7.46. The van der Waals surface area contributed by atoms with Gasteiger partial charge in [0.2, 0.25) is 5.75 Å². The van der Waals surface area contributed by atoms with Crippen LogP contribution in [0, 0.1) is 0 Å². The van der Waals surface area contributed by atoms with Crippen LogP contribution in [0.5, 0.6) is 17.2 Å². The molecule has 0 spiro atoms. The Morgan fingerprint density at radius 3 is 2.21 bits per heavy atom. The van der Waals surface area contributed by atoms with Crippen LogP contribution in [0.25, 0.3) is 6.08 Å². The molecule has 1 aliphatic rings. The monoisotopic (exact) mass is 441 g/mol. The first-order valence-corrected chi connectivity index (χ1v) is 9.47. The molecule has 1 aliphatic heterocycles. The van der Waals surface area contributed by atoms with Crippen LogP contribution >= 0.6 is 24.0 Å². The third-order valence-electron chi connectivity index (χ3n) is 4.04. The maximum absolute atomic E-state index is 12.8. The molecule has 1 saturated heterocycles. The van der Waals surface area contributed by atoms with Crippen molar-refractivity contribution in [3.05, 3.63) is 22.6 Å². The molecule has 1 atom stereocenters.